The molecule has 2 nitrogen and oxygen atoms in total. The lowest BCUT2D eigenvalue weighted by atomic mass is 10.2. The van der Waals surface area contributed by atoms with Crippen LogP contribution in [0.2, 0.25) is 0 Å². The molecule has 0 aromatic heterocycles. The molecular weight excluding hydrogens is 275 g/mol. The molecule has 2 atom stereocenters. The summed E-state index contributed by atoms with van der Waals surface area (Å²) in [7, 11) is 0. The lowest BCUT2D eigenvalue weighted by molar-refractivity contribution is -0.415. The SMILES string of the molecule is CC(F)(OC(F)(C(=O)F)C(F)(F)F)C(F)(F)F. The van der Waals surface area contributed by atoms with Gasteiger partial charge in [0.1, 0.15) is 0 Å². The highest BCUT2D eigenvalue weighted by Crippen LogP contribution is 2.44. The lowest BCUT2D eigenvalue weighted by Gasteiger charge is -2.31. The maximum Gasteiger partial charge on any atom is 0.459 e. The summed E-state index contributed by atoms with van der Waals surface area (Å²) in [5.74, 6) is -11.2. The van der Waals surface area contributed by atoms with Crippen LogP contribution in [0.25, 0.3) is 0 Å². The Labute approximate surface area is 87.3 Å². The molecule has 0 radical (unpaired) electrons. The normalized spacial score (nSPS) is 20.6. The van der Waals surface area contributed by atoms with Crippen LogP contribution < -0.4 is 0 Å². The Bertz CT molecular complexity index is 304. The number of rotatable bonds is 3. The van der Waals surface area contributed by atoms with Crippen molar-refractivity contribution in [1.29, 1.82) is 0 Å². The number of hydrogen-bond acceptors (Lipinski definition) is 2. The highest BCUT2D eigenvalue weighted by Gasteiger charge is 2.71. The first-order chi connectivity index (χ1) is 7.15. The molecule has 0 aliphatic heterocycles. The van der Waals surface area contributed by atoms with Crippen LogP contribution in [0, 0.1) is 0 Å². The Balaban J connectivity index is 5.39. The van der Waals surface area contributed by atoms with Crippen LogP contribution >= 0.6 is 0 Å². The number of carbonyl (C=O) groups excluding carboxylic acids is 1. The third-order valence-corrected chi connectivity index (χ3v) is 1.46. The number of halogens is 9. The zero-order valence-electron chi connectivity index (χ0n) is 7.72. The van der Waals surface area contributed by atoms with Crippen molar-refractivity contribution in [3.05, 3.63) is 0 Å². The van der Waals surface area contributed by atoms with Crippen LogP contribution in [0.3, 0.4) is 0 Å². The van der Waals surface area contributed by atoms with Crippen molar-refractivity contribution >= 4 is 6.04 Å². The van der Waals surface area contributed by atoms with Crippen molar-refractivity contribution in [1.82, 2.24) is 0 Å². The molecule has 0 aromatic rings. The van der Waals surface area contributed by atoms with Crippen LogP contribution in [-0.2, 0) is 9.53 Å². The van der Waals surface area contributed by atoms with E-state index in [1.54, 1.807) is 0 Å². The summed E-state index contributed by atoms with van der Waals surface area (Å²) in [6.45, 7) is -0.643. The van der Waals surface area contributed by atoms with Crippen molar-refractivity contribution in [2.45, 2.75) is 31.0 Å². The quantitative estimate of drug-likeness (QED) is 0.586. The molecule has 0 rings (SSSR count). The van der Waals surface area contributed by atoms with Gasteiger partial charge < -0.3 is 0 Å². The number of ether oxygens (including phenoxy) is 1. The molecular formula is C6H3F9O2. The Morgan fingerprint density at radius 2 is 1.24 bits per heavy atom. The second-order valence-corrected chi connectivity index (χ2v) is 2.88. The summed E-state index contributed by atoms with van der Waals surface area (Å²) in [4.78, 5) is 9.70. The van der Waals surface area contributed by atoms with Gasteiger partial charge in [-0.1, -0.05) is 0 Å². The molecule has 0 spiro atoms. The Hall–Kier alpha value is -1.00. The van der Waals surface area contributed by atoms with E-state index in [0.717, 1.165) is 0 Å². The summed E-state index contributed by atoms with van der Waals surface area (Å²) >= 11 is 0. The Kier molecular flexibility index (Phi) is 3.80. The van der Waals surface area contributed by atoms with Gasteiger partial charge in [-0.2, -0.15) is 35.1 Å². The predicted octanol–water partition coefficient (Wildman–Crippen LogP) is 2.98. The standard InChI is InChI=1S/C6H3F9O2/c1-3(8,5(10,11)12)17-4(9,2(7)16)6(13,14)15/h1H3. The molecule has 0 saturated heterocycles. The van der Waals surface area contributed by atoms with Crippen LogP contribution in [0.15, 0.2) is 0 Å². The van der Waals surface area contributed by atoms with Crippen LogP contribution in [0.5, 0.6) is 0 Å². The van der Waals surface area contributed by atoms with E-state index in [0.29, 0.717) is 0 Å². The van der Waals surface area contributed by atoms with E-state index in [2.05, 4.69) is 4.74 Å². The smallest absolute Gasteiger partial charge is 0.286 e. The van der Waals surface area contributed by atoms with Crippen molar-refractivity contribution in [2.75, 3.05) is 0 Å². The third-order valence-electron chi connectivity index (χ3n) is 1.46. The predicted molar refractivity (Wildman–Crippen MR) is 32.7 cm³/mol. The van der Waals surface area contributed by atoms with Crippen LogP contribution in [0.4, 0.5) is 39.5 Å². The van der Waals surface area contributed by atoms with Gasteiger partial charge in [0.2, 0.25) is 0 Å². The van der Waals surface area contributed by atoms with E-state index in [9.17, 15) is 44.3 Å². The van der Waals surface area contributed by atoms with E-state index in [1.165, 1.54) is 0 Å². The highest BCUT2D eigenvalue weighted by atomic mass is 19.4. The van der Waals surface area contributed by atoms with Crippen LogP contribution in [0.1, 0.15) is 6.92 Å². The Morgan fingerprint density at radius 3 is 1.41 bits per heavy atom. The van der Waals surface area contributed by atoms with Crippen molar-refractivity contribution in [3.63, 3.8) is 0 Å². The molecule has 0 amide bonds. The van der Waals surface area contributed by atoms with Crippen molar-refractivity contribution < 1.29 is 49.0 Å². The largest absolute Gasteiger partial charge is 0.459 e. The maximum absolute atomic E-state index is 12.6. The first kappa shape index (κ1) is 16.0. The zero-order valence-corrected chi connectivity index (χ0v) is 7.72. The van der Waals surface area contributed by atoms with E-state index in [1.807, 2.05) is 0 Å². The van der Waals surface area contributed by atoms with Gasteiger partial charge in [0.05, 0.1) is 0 Å². The van der Waals surface area contributed by atoms with E-state index in [-0.39, 0.29) is 0 Å². The van der Waals surface area contributed by atoms with E-state index >= 15 is 0 Å². The minimum Gasteiger partial charge on any atom is -0.286 e. The molecule has 102 valence electrons. The molecule has 0 aromatic carbocycles. The molecule has 11 heteroatoms. The first-order valence-corrected chi connectivity index (χ1v) is 3.56. The number of hydrogen-bond donors (Lipinski definition) is 0. The number of alkyl halides is 8. The molecule has 0 N–H and O–H groups in total. The van der Waals surface area contributed by atoms with Gasteiger partial charge in [0.15, 0.2) is 0 Å². The topological polar surface area (TPSA) is 26.3 Å². The molecule has 0 bridgehead atoms. The summed E-state index contributed by atoms with van der Waals surface area (Å²) in [5.41, 5.74) is 0. The lowest BCUT2D eigenvalue weighted by Crippen LogP contribution is -2.56. The van der Waals surface area contributed by atoms with Crippen molar-refractivity contribution in [3.8, 4) is 0 Å². The molecule has 17 heavy (non-hydrogen) atoms. The van der Waals surface area contributed by atoms with Gasteiger partial charge in [0.25, 0.3) is 0 Å². The average Bonchev–Trinajstić information content (AvgIpc) is 1.98. The van der Waals surface area contributed by atoms with Gasteiger partial charge >= 0.3 is 30.1 Å². The molecule has 0 aliphatic carbocycles. The van der Waals surface area contributed by atoms with Gasteiger partial charge in [-0.3, -0.25) is 9.53 Å². The number of carbonyl (C=O) groups is 1. The minimum atomic E-state index is -6.50. The van der Waals surface area contributed by atoms with Crippen molar-refractivity contribution in [2.24, 2.45) is 0 Å². The average molecular weight is 278 g/mol. The van der Waals surface area contributed by atoms with Gasteiger partial charge in [-0.05, 0) is 0 Å². The maximum atomic E-state index is 12.6. The Morgan fingerprint density at radius 1 is 0.882 bits per heavy atom. The van der Waals surface area contributed by atoms with Gasteiger partial charge in [0, 0.05) is 6.92 Å². The summed E-state index contributed by atoms with van der Waals surface area (Å²) in [6.07, 6.45) is -12.6. The fourth-order valence-electron chi connectivity index (χ4n) is 0.531. The minimum absolute atomic E-state index is 0.643. The van der Waals surface area contributed by atoms with Gasteiger partial charge in [-0.15, -0.1) is 0 Å². The van der Waals surface area contributed by atoms with Gasteiger partial charge in [-0.25, -0.2) is 4.39 Å². The second kappa shape index (κ2) is 4.03. The zero-order chi connectivity index (χ0) is 14.3. The highest BCUT2D eigenvalue weighted by molar-refractivity contribution is 5.77. The van der Waals surface area contributed by atoms with E-state index < -0.39 is 37.0 Å². The summed E-state index contributed by atoms with van der Waals surface area (Å²) < 4.78 is 110. The monoisotopic (exact) mass is 278 g/mol. The molecule has 0 heterocycles. The molecule has 0 saturated carbocycles. The van der Waals surface area contributed by atoms with E-state index in [4.69, 9.17) is 0 Å². The molecule has 2 unspecified atom stereocenters. The molecule has 0 fully saturated rings. The molecule has 0 aliphatic rings. The third kappa shape index (κ3) is 3.01. The fourth-order valence-corrected chi connectivity index (χ4v) is 0.531. The summed E-state index contributed by atoms with van der Waals surface area (Å²) in [5, 5.41) is 0. The second-order valence-electron chi connectivity index (χ2n) is 2.88. The summed E-state index contributed by atoms with van der Waals surface area (Å²) in [6, 6.07) is -3.95. The first-order valence-electron chi connectivity index (χ1n) is 3.56. The van der Waals surface area contributed by atoms with Crippen LogP contribution in [-0.4, -0.2) is 30.1 Å². The fraction of sp³-hybridized carbons (Fsp3) is 0.833.